The molecule has 0 saturated carbocycles. The predicted octanol–water partition coefficient (Wildman–Crippen LogP) is 1.66. The third-order valence-corrected chi connectivity index (χ3v) is 2.62. The van der Waals surface area contributed by atoms with Crippen molar-refractivity contribution >= 4 is 9.04 Å². The highest BCUT2D eigenvalue weighted by Gasteiger charge is 2.00. The Hall–Kier alpha value is -0.343. The lowest BCUT2D eigenvalue weighted by Gasteiger charge is -2.10. The van der Waals surface area contributed by atoms with Gasteiger partial charge in [0, 0.05) is 0 Å². The molecule has 0 radical (unpaired) electrons. The van der Waals surface area contributed by atoms with Gasteiger partial charge in [0.25, 0.3) is 0 Å². The van der Waals surface area contributed by atoms with Gasteiger partial charge in [-0.2, -0.15) is 0 Å². The Morgan fingerprint density at radius 3 is 2.44 bits per heavy atom. The van der Waals surface area contributed by atoms with E-state index in [1.165, 1.54) is 0 Å². The van der Waals surface area contributed by atoms with Gasteiger partial charge in [-0.3, -0.25) is 0 Å². The third kappa shape index (κ3) is 4.18. The Balaban J connectivity index is 3.45. The summed E-state index contributed by atoms with van der Waals surface area (Å²) < 4.78 is 5.45. The zero-order chi connectivity index (χ0) is 7.28. The predicted molar refractivity (Wildman–Crippen MR) is 44.0 cm³/mol. The van der Waals surface area contributed by atoms with E-state index in [1.54, 1.807) is 6.08 Å². The Morgan fingerprint density at radius 2 is 2.11 bits per heavy atom. The molecule has 0 aromatic heterocycles. The second kappa shape index (κ2) is 4.53. The maximum Gasteiger partial charge on any atom is 0.198 e. The zero-order valence-corrected chi connectivity index (χ0v) is 7.29. The highest BCUT2D eigenvalue weighted by Crippen LogP contribution is 1.95. The van der Waals surface area contributed by atoms with Gasteiger partial charge in [-0.1, -0.05) is 11.8 Å². The maximum absolute atomic E-state index is 5.45. The van der Waals surface area contributed by atoms with Crippen LogP contribution in [0.2, 0.25) is 6.55 Å². The van der Waals surface area contributed by atoms with Crippen LogP contribution in [0.1, 0.15) is 6.92 Å². The van der Waals surface area contributed by atoms with E-state index in [0.717, 1.165) is 0 Å². The van der Waals surface area contributed by atoms with Crippen LogP contribution in [0, 0.1) is 0 Å². The molecule has 2 heteroatoms. The first-order valence-electron chi connectivity index (χ1n) is 3.11. The molecule has 0 amide bonds. The summed E-state index contributed by atoms with van der Waals surface area (Å²) >= 11 is 0. The normalized spacial score (nSPS) is 16.2. The summed E-state index contributed by atoms with van der Waals surface area (Å²) in [5.74, 6) is 0. The van der Waals surface area contributed by atoms with Crippen LogP contribution in [-0.2, 0) is 4.43 Å². The van der Waals surface area contributed by atoms with E-state index in [2.05, 4.69) is 19.7 Å². The maximum atomic E-state index is 5.45. The topological polar surface area (TPSA) is 9.23 Å². The molecule has 0 aromatic rings. The van der Waals surface area contributed by atoms with Crippen molar-refractivity contribution in [3.63, 3.8) is 0 Å². The first kappa shape index (κ1) is 8.66. The smallest absolute Gasteiger partial charge is 0.198 e. The minimum atomic E-state index is -1.06. The fourth-order valence-corrected chi connectivity index (χ4v) is 1.35. The molecule has 52 valence electrons. The molecule has 2 atom stereocenters. The molecule has 0 spiro atoms. The summed E-state index contributed by atoms with van der Waals surface area (Å²) in [5, 5.41) is 0. The first-order valence-corrected chi connectivity index (χ1v) is 5.40. The van der Waals surface area contributed by atoms with E-state index in [9.17, 15) is 0 Å². The van der Waals surface area contributed by atoms with Crippen LogP contribution in [0.3, 0.4) is 0 Å². The van der Waals surface area contributed by atoms with Crippen molar-refractivity contribution in [1.82, 2.24) is 0 Å². The molecule has 0 aromatic carbocycles. The molecule has 0 saturated heterocycles. The van der Waals surface area contributed by atoms with Gasteiger partial charge in [0.15, 0.2) is 9.04 Å². The fourth-order valence-electron chi connectivity index (χ4n) is 0.450. The molecule has 0 heterocycles. The quantitative estimate of drug-likeness (QED) is 0.428. The SMILES string of the molecule is C=CC(C)O[SiH](C)C=C. The van der Waals surface area contributed by atoms with E-state index < -0.39 is 9.04 Å². The molecule has 2 unspecified atom stereocenters. The van der Waals surface area contributed by atoms with Gasteiger partial charge in [-0.15, -0.1) is 13.2 Å². The molecule has 0 aliphatic rings. The lowest BCUT2D eigenvalue weighted by atomic mass is 10.4. The van der Waals surface area contributed by atoms with Gasteiger partial charge in [0.1, 0.15) is 0 Å². The molecule has 0 aliphatic carbocycles. The van der Waals surface area contributed by atoms with Crippen molar-refractivity contribution in [2.75, 3.05) is 0 Å². The van der Waals surface area contributed by atoms with Crippen molar-refractivity contribution in [3.8, 4) is 0 Å². The molecule has 0 rings (SSSR count). The van der Waals surface area contributed by atoms with Gasteiger partial charge in [-0.05, 0) is 13.5 Å². The number of rotatable bonds is 4. The van der Waals surface area contributed by atoms with E-state index >= 15 is 0 Å². The van der Waals surface area contributed by atoms with E-state index in [1.807, 2.05) is 12.6 Å². The van der Waals surface area contributed by atoms with Crippen molar-refractivity contribution in [3.05, 3.63) is 24.9 Å². The molecule has 9 heavy (non-hydrogen) atoms. The molecule has 0 N–H and O–H groups in total. The van der Waals surface area contributed by atoms with Crippen molar-refractivity contribution in [2.24, 2.45) is 0 Å². The summed E-state index contributed by atoms with van der Waals surface area (Å²) in [4.78, 5) is 0. The van der Waals surface area contributed by atoms with Gasteiger partial charge in [-0.25, -0.2) is 0 Å². The zero-order valence-electron chi connectivity index (χ0n) is 6.13. The number of hydrogen-bond acceptors (Lipinski definition) is 1. The second-order valence-corrected chi connectivity index (χ2v) is 4.17. The molecule has 1 nitrogen and oxygen atoms in total. The minimum absolute atomic E-state index is 0.185. The summed E-state index contributed by atoms with van der Waals surface area (Å²) in [6, 6.07) is 0. The Morgan fingerprint density at radius 1 is 1.56 bits per heavy atom. The van der Waals surface area contributed by atoms with Gasteiger partial charge >= 0.3 is 0 Å². The molecule has 0 bridgehead atoms. The number of hydrogen-bond donors (Lipinski definition) is 0. The lowest BCUT2D eigenvalue weighted by Crippen LogP contribution is -2.16. The van der Waals surface area contributed by atoms with E-state index in [0.29, 0.717) is 0 Å². The van der Waals surface area contributed by atoms with Crippen LogP contribution in [0.5, 0.6) is 0 Å². The average Bonchev–Trinajstić information content (AvgIpc) is 1.87. The van der Waals surface area contributed by atoms with Gasteiger partial charge in [0.2, 0.25) is 0 Å². The fraction of sp³-hybridized carbons (Fsp3) is 0.429. The first-order chi connectivity index (χ1) is 4.20. The van der Waals surface area contributed by atoms with E-state index in [4.69, 9.17) is 4.43 Å². The monoisotopic (exact) mass is 142 g/mol. The minimum Gasteiger partial charge on any atom is -0.410 e. The van der Waals surface area contributed by atoms with Crippen LogP contribution < -0.4 is 0 Å². The average molecular weight is 142 g/mol. The van der Waals surface area contributed by atoms with Crippen LogP contribution in [0.15, 0.2) is 24.9 Å². The van der Waals surface area contributed by atoms with Gasteiger partial charge in [0.05, 0.1) is 6.10 Å². The summed E-state index contributed by atoms with van der Waals surface area (Å²) in [6.07, 6.45) is 1.98. The summed E-state index contributed by atoms with van der Waals surface area (Å²) in [7, 11) is -1.06. The molecular weight excluding hydrogens is 128 g/mol. The standard InChI is InChI=1S/C7H14OSi/c1-5-7(3)8-9(4)6-2/h5-7,9H,1-2H2,3-4H3. The Bertz CT molecular complexity index is 89.1. The lowest BCUT2D eigenvalue weighted by molar-refractivity contribution is 0.279. The van der Waals surface area contributed by atoms with Crippen LogP contribution in [0.25, 0.3) is 0 Å². The second-order valence-electron chi connectivity index (χ2n) is 2.02. The van der Waals surface area contributed by atoms with Crippen LogP contribution in [-0.4, -0.2) is 15.1 Å². The highest BCUT2D eigenvalue weighted by molar-refractivity contribution is 6.56. The van der Waals surface area contributed by atoms with E-state index in [-0.39, 0.29) is 6.10 Å². The third-order valence-electron chi connectivity index (χ3n) is 1.09. The van der Waals surface area contributed by atoms with Crippen molar-refractivity contribution < 1.29 is 4.43 Å². The Labute approximate surface area is 58.8 Å². The van der Waals surface area contributed by atoms with Gasteiger partial charge < -0.3 is 4.43 Å². The summed E-state index contributed by atoms with van der Waals surface area (Å²) in [5.41, 5.74) is 1.90. The molecule has 0 fully saturated rings. The molecule has 0 aliphatic heterocycles. The summed E-state index contributed by atoms with van der Waals surface area (Å²) in [6.45, 7) is 11.3. The van der Waals surface area contributed by atoms with Crippen LogP contribution in [0.4, 0.5) is 0 Å². The van der Waals surface area contributed by atoms with Crippen molar-refractivity contribution in [2.45, 2.75) is 19.6 Å². The highest BCUT2D eigenvalue weighted by atomic mass is 28.3. The van der Waals surface area contributed by atoms with Crippen molar-refractivity contribution in [1.29, 1.82) is 0 Å². The van der Waals surface area contributed by atoms with Crippen LogP contribution >= 0.6 is 0 Å². The largest absolute Gasteiger partial charge is 0.410 e. The molecular formula is C7H14OSi. The Kier molecular flexibility index (Phi) is 4.36.